The molecule has 0 aromatic heterocycles. The summed E-state index contributed by atoms with van der Waals surface area (Å²) in [6.07, 6.45) is 30.6. The van der Waals surface area contributed by atoms with E-state index in [1.165, 1.54) is 96.4 Å². The van der Waals surface area contributed by atoms with Gasteiger partial charge in [-0.2, -0.15) is 17.3 Å². The number of nitrogens with zero attached hydrogens (tertiary/aromatic N) is 4. The van der Waals surface area contributed by atoms with Gasteiger partial charge in [-0.1, -0.05) is 170 Å². The largest absolute Gasteiger partial charge is 0.691 e. The smallest absolute Gasteiger partial charge is 0.340 e. The van der Waals surface area contributed by atoms with Crippen molar-refractivity contribution < 1.29 is 83.5 Å². The van der Waals surface area contributed by atoms with Crippen molar-refractivity contribution in [1.82, 2.24) is 9.30 Å². The minimum atomic E-state index is -4.87. The molecule has 7 aromatic carbocycles. The minimum absolute atomic E-state index is 0.0561. The number of sulfonamides is 1. The molecule has 7 aromatic rings. The zero-order valence-electron chi connectivity index (χ0n) is 79.4. The summed E-state index contributed by atoms with van der Waals surface area (Å²) in [5.74, 6) is 4.50. The van der Waals surface area contributed by atoms with Crippen molar-refractivity contribution in [2.75, 3.05) is 60.9 Å². The zero-order chi connectivity index (χ0) is 94.9. The number of carbonyl (C=O) groups is 4. The van der Waals surface area contributed by atoms with Crippen molar-refractivity contribution in [3.8, 4) is 39.7 Å². The molecular formula is C107H128BN6O17S3+. The highest BCUT2D eigenvalue weighted by atomic mass is 32.2. The fourth-order valence-electron chi connectivity index (χ4n) is 23.4. The number of phenols is 1. The number of esters is 1. The van der Waals surface area contributed by atoms with Crippen LogP contribution in [0.5, 0.6) is 17.2 Å². The Hall–Kier alpha value is -10.1. The van der Waals surface area contributed by atoms with Gasteiger partial charge >= 0.3 is 5.97 Å². The van der Waals surface area contributed by atoms with Crippen LogP contribution in [0.4, 0.5) is 22.7 Å². The van der Waals surface area contributed by atoms with Gasteiger partial charge in [-0.05, 0) is 183 Å². The lowest BCUT2D eigenvalue weighted by atomic mass is 9.24. The van der Waals surface area contributed by atoms with Gasteiger partial charge in [0.15, 0.2) is 17.9 Å². The predicted molar refractivity (Wildman–Crippen MR) is 525 cm³/mol. The summed E-state index contributed by atoms with van der Waals surface area (Å²) in [6.45, 7) is 30.1. The number of ketones is 2. The van der Waals surface area contributed by atoms with Crippen LogP contribution in [0, 0.1) is 6.92 Å². The molecule has 4 aliphatic carbocycles. The normalized spacial score (nSPS) is 19.6. The molecule has 0 bridgehead atoms. The third-order valence-corrected chi connectivity index (χ3v) is 32.4. The number of carbonyl (C=O) groups excluding carboxylic acids is 4. The SMILES string of the molecule is C1CCC(B(C2CCCCC2)C2CCCCC2)CC1.CC(=O)Cc1ccc2c(c1)C(C)(C)C1=C3C=C4C5=[N+](CCC4OC3CCN12)c1ccc(SOO[O-])cc1C5(C)C.CC(=O)Nc1ccc2c(c1)C(=O)OC21c2ccc(C)cc2Oc2cc(O)ccc21.CCN(CC)c1ccc2c(-c3ccc(S(=O)(=O)NCCCCCC(C)=O)cc3S(=O)(=O)O)c3ccc(=[N+](CC)CC)cc-3oc2c1. The van der Waals surface area contributed by atoms with Gasteiger partial charge in [-0.3, -0.25) is 19.2 Å². The molecule has 23 nitrogen and oxygen atoms in total. The molecule has 27 heteroatoms. The molecule has 3 unspecified atom stereocenters. The molecule has 8 heterocycles. The van der Waals surface area contributed by atoms with Crippen molar-refractivity contribution in [1.29, 1.82) is 0 Å². The quantitative estimate of drug-likeness (QED) is 0.00503. The van der Waals surface area contributed by atoms with E-state index in [4.69, 9.17) is 18.6 Å². The minimum Gasteiger partial charge on any atom is -0.691 e. The van der Waals surface area contributed by atoms with Crippen LogP contribution in [-0.2, 0) is 76.2 Å². The highest BCUT2D eigenvalue weighted by Gasteiger charge is 2.57. The van der Waals surface area contributed by atoms with E-state index in [1.807, 2.05) is 67.6 Å². The number of nitrogens with one attached hydrogen (secondary N) is 2. The number of unbranched alkanes of at least 4 members (excludes halogenated alkanes) is 2. The Labute approximate surface area is 793 Å². The van der Waals surface area contributed by atoms with Gasteiger partial charge in [0.25, 0.3) is 10.1 Å². The van der Waals surface area contributed by atoms with Crippen molar-refractivity contribution >= 4 is 102 Å². The van der Waals surface area contributed by atoms with Crippen LogP contribution in [0.3, 0.4) is 0 Å². The van der Waals surface area contributed by atoms with E-state index in [2.05, 4.69) is 130 Å². The maximum Gasteiger partial charge on any atom is 0.340 e. The van der Waals surface area contributed by atoms with Crippen LogP contribution in [0.2, 0.25) is 17.5 Å². The maximum atomic E-state index is 13.2. The molecule has 8 aliphatic heterocycles. The molecule has 0 radical (unpaired) electrons. The predicted octanol–water partition coefficient (Wildman–Crippen LogP) is 21.2. The van der Waals surface area contributed by atoms with E-state index >= 15 is 0 Å². The van der Waals surface area contributed by atoms with Crippen molar-refractivity contribution in [2.24, 2.45) is 0 Å². The number of anilines is 3. The van der Waals surface area contributed by atoms with Crippen LogP contribution in [-0.4, -0.2) is 125 Å². The number of allylic oxidation sites excluding steroid dienone is 1. The number of benzene rings is 8. The Balaban J connectivity index is 0.000000135. The monoisotopic (exact) mass is 1880 g/mol. The first-order chi connectivity index (χ1) is 64.3. The number of hydrogen-bond acceptors (Lipinski definition) is 19. The molecule has 3 fully saturated rings. The Morgan fingerprint density at radius 2 is 1.34 bits per heavy atom. The number of Topliss-reactive ketones (excluding diaryl/α,β-unsaturated/α-hetero) is 2. The number of aromatic hydroxyl groups is 1. The highest BCUT2D eigenvalue weighted by molar-refractivity contribution is 7.94. The van der Waals surface area contributed by atoms with Crippen LogP contribution in [0.25, 0.3) is 33.4 Å². The fourth-order valence-corrected chi connectivity index (χ4v) is 25.7. The summed E-state index contributed by atoms with van der Waals surface area (Å²) in [5.41, 5.74) is 16.2. The van der Waals surface area contributed by atoms with E-state index in [9.17, 15) is 50.9 Å². The topological polar surface area (TPSA) is 296 Å². The molecule has 3 atom stereocenters. The average molecular weight is 1880 g/mol. The number of phenolic OH excluding ortho intramolecular Hbond substituents is 1. The van der Waals surface area contributed by atoms with E-state index in [0.717, 1.165) is 121 Å². The number of amides is 1. The van der Waals surface area contributed by atoms with Crippen LogP contribution in [0.15, 0.2) is 188 Å². The summed E-state index contributed by atoms with van der Waals surface area (Å²) < 4.78 is 99.8. The highest BCUT2D eigenvalue weighted by Crippen LogP contribution is 2.59. The summed E-state index contributed by atoms with van der Waals surface area (Å²) in [4.78, 5) is 52.0. The maximum absolute atomic E-state index is 13.2. The molecule has 1 amide bonds. The van der Waals surface area contributed by atoms with Gasteiger partial charge in [-0.25, -0.2) is 22.5 Å². The van der Waals surface area contributed by atoms with Crippen LogP contribution < -0.4 is 39.8 Å². The second kappa shape index (κ2) is 40.7. The van der Waals surface area contributed by atoms with E-state index < -0.39 is 36.6 Å². The number of rotatable bonds is 24. The third-order valence-electron chi connectivity index (χ3n) is 29.5. The van der Waals surface area contributed by atoms with E-state index in [0.29, 0.717) is 99.4 Å². The summed E-state index contributed by atoms with van der Waals surface area (Å²) in [7, 11) is -8.97. The number of hydrogen-bond donors (Lipinski definition) is 4. The first-order valence-electron chi connectivity index (χ1n) is 48.5. The molecular weight excluding hydrogens is 1750 g/mol. The molecule has 4 N–H and O–H groups in total. The molecule has 12 aliphatic rings. The summed E-state index contributed by atoms with van der Waals surface area (Å²) >= 11 is 0.933. The second-order valence-electron chi connectivity index (χ2n) is 38.9. The molecule has 19 rings (SSSR count). The van der Waals surface area contributed by atoms with Gasteiger partial charge in [0, 0.05) is 165 Å². The van der Waals surface area contributed by atoms with Gasteiger partial charge in [0.05, 0.1) is 46.2 Å². The molecule has 0 saturated heterocycles. The number of fused-ring (bicyclic) bond motifs is 16. The van der Waals surface area contributed by atoms with Gasteiger partial charge in [0.1, 0.15) is 64.9 Å². The average Bonchev–Trinajstić information content (AvgIpc) is 1.51. The summed E-state index contributed by atoms with van der Waals surface area (Å²) in [6, 6.07) is 43.6. The Morgan fingerprint density at radius 1 is 0.664 bits per heavy atom. The number of aryl methyl sites for hydroxylation is 1. The van der Waals surface area contributed by atoms with Gasteiger partial charge < -0.3 is 48.9 Å². The first-order valence-corrected chi connectivity index (χ1v) is 52.1. The lowest BCUT2D eigenvalue weighted by Crippen LogP contribution is -2.47. The second-order valence-corrected chi connectivity index (χ2v) is 42.8. The van der Waals surface area contributed by atoms with Gasteiger partial charge in [0.2, 0.25) is 27.0 Å². The lowest BCUT2D eigenvalue weighted by molar-refractivity contribution is -0.777. The Kier molecular flexibility index (Phi) is 29.5. The lowest BCUT2D eigenvalue weighted by Gasteiger charge is -2.42. The van der Waals surface area contributed by atoms with E-state index in [1.54, 1.807) is 114 Å². The van der Waals surface area contributed by atoms with E-state index in [-0.39, 0.29) is 63.3 Å². The molecule has 708 valence electrons. The molecule has 1 spiro atoms. The standard InChI is InChI=1S/C34H43N3O7S2.C32H34N2O5S.C23H17NO5.C18H33B/c1-6-36(7-2)25-14-17-28-31(21-25)44-32-22-26(37(8-3)9-4)15-18-29(32)34(28)30-19-16-27(23-33(30)46(41,42)43)45(39,40)35-20-12-10-11-13-24(5)38;1-18(35)14-19-6-8-25-23(15-19)31(2,3)29-21-17-22-28(37-27(21)10-12-33(25)29)11-13-34-26-9-7-20(40-39-38-36)16-24(26)32(4,5)30(22)34;1-12-3-6-18-20(9-12)28-21-11-15(26)5-8-19(21)23(18)17-7-4-14(24-13(2)25)10-16(17)22(27)29-23;1-4-10-16(11-5-1)19(17-12-6-2-7-13-17)18-14-8-3-9-15-18/h14-19,21-23,35H,6-13,20H2,1-5H3;6-9,15-17,27-28H,10-14H2,1-5H3;3-11,26H,1-2H3,(H,24,25);16-18H,1-15H2/p+1. The summed E-state index contributed by atoms with van der Waals surface area (Å²) in [5, 5.41) is 28.2. The Morgan fingerprint density at radius 3 is 1.99 bits per heavy atom. The van der Waals surface area contributed by atoms with Gasteiger partial charge in [-0.15, -0.1) is 0 Å². The first kappa shape index (κ1) is 97.0. The fraction of sp³-hybridized carbons (Fsp3) is 0.458. The Bertz CT molecular complexity index is 6290. The number of ether oxygens (including phenoxy) is 3. The zero-order valence-corrected chi connectivity index (χ0v) is 81.9. The molecule has 134 heavy (non-hydrogen) atoms. The van der Waals surface area contributed by atoms with Crippen molar-refractivity contribution in [3.05, 3.63) is 218 Å². The van der Waals surface area contributed by atoms with Crippen molar-refractivity contribution in [3.63, 3.8) is 0 Å². The third kappa shape index (κ3) is 19.7. The van der Waals surface area contributed by atoms with Crippen molar-refractivity contribution in [2.45, 2.75) is 285 Å². The molecule has 3 saturated carbocycles. The van der Waals surface area contributed by atoms with Crippen LogP contribution >= 0.6 is 12.0 Å². The van der Waals surface area contributed by atoms with Crippen LogP contribution in [0.1, 0.15) is 260 Å².